The molecule has 3 rings (SSSR count). The number of aromatic nitrogens is 1. The fourth-order valence-electron chi connectivity index (χ4n) is 2.96. The molecule has 3 nitrogen and oxygen atoms in total. The van der Waals surface area contributed by atoms with Crippen molar-refractivity contribution >= 4 is 17.4 Å². The van der Waals surface area contributed by atoms with Crippen molar-refractivity contribution in [2.24, 2.45) is 0 Å². The van der Waals surface area contributed by atoms with Gasteiger partial charge in [0.25, 0.3) is 0 Å². The molecule has 0 unspecified atom stereocenters. The zero-order chi connectivity index (χ0) is 15.6. The molecular formula is C17H15ClFN3. The predicted octanol–water partition coefficient (Wildman–Crippen LogP) is 3.94. The summed E-state index contributed by atoms with van der Waals surface area (Å²) in [5.74, 6) is -0.110. The third-order valence-corrected chi connectivity index (χ3v) is 4.45. The van der Waals surface area contributed by atoms with E-state index in [-0.39, 0.29) is 5.02 Å². The standard InChI is InChI=1S/C17H15ClFN3/c18-14-10-15(19)16(21-11-14)22-8-6-17(12-20,7-9-22)13-4-2-1-3-5-13/h1-5,10-11H,6-9H2. The molecule has 2 heterocycles. The first-order valence-corrected chi connectivity index (χ1v) is 7.55. The Morgan fingerprint density at radius 2 is 1.91 bits per heavy atom. The van der Waals surface area contributed by atoms with Gasteiger partial charge in [0, 0.05) is 19.3 Å². The van der Waals surface area contributed by atoms with E-state index in [1.807, 2.05) is 35.2 Å². The van der Waals surface area contributed by atoms with E-state index in [0.717, 1.165) is 5.56 Å². The molecule has 0 amide bonds. The second-order valence-corrected chi connectivity index (χ2v) is 5.94. The highest BCUT2D eigenvalue weighted by Gasteiger charge is 2.37. The number of hydrogen-bond donors (Lipinski definition) is 0. The summed E-state index contributed by atoms with van der Waals surface area (Å²) in [6.45, 7) is 1.18. The summed E-state index contributed by atoms with van der Waals surface area (Å²) in [4.78, 5) is 5.96. The summed E-state index contributed by atoms with van der Waals surface area (Å²) < 4.78 is 14.0. The lowest BCUT2D eigenvalue weighted by Crippen LogP contribution is -2.42. The molecule has 0 saturated carbocycles. The molecule has 0 bridgehead atoms. The normalized spacial score (nSPS) is 17.0. The molecule has 1 saturated heterocycles. The maximum absolute atomic E-state index is 14.0. The minimum Gasteiger partial charge on any atom is -0.354 e. The highest BCUT2D eigenvalue weighted by atomic mass is 35.5. The van der Waals surface area contributed by atoms with Crippen LogP contribution in [0.4, 0.5) is 10.2 Å². The van der Waals surface area contributed by atoms with Crippen molar-refractivity contribution in [2.45, 2.75) is 18.3 Å². The summed E-state index contributed by atoms with van der Waals surface area (Å²) in [6.07, 6.45) is 2.75. The molecule has 0 atom stereocenters. The van der Waals surface area contributed by atoms with E-state index in [1.165, 1.54) is 12.3 Å². The molecular weight excluding hydrogens is 301 g/mol. The largest absolute Gasteiger partial charge is 0.354 e. The van der Waals surface area contributed by atoms with Gasteiger partial charge in [-0.25, -0.2) is 9.37 Å². The van der Waals surface area contributed by atoms with Gasteiger partial charge >= 0.3 is 0 Å². The lowest BCUT2D eigenvalue weighted by molar-refractivity contribution is 0.410. The van der Waals surface area contributed by atoms with Crippen LogP contribution in [0.5, 0.6) is 0 Å². The number of nitriles is 1. The van der Waals surface area contributed by atoms with Crippen molar-refractivity contribution in [3.8, 4) is 6.07 Å². The number of hydrogen-bond acceptors (Lipinski definition) is 3. The molecule has 22 heavy (non-hydrogen) atoms. The van der Waals surface area contributed by atoms with Gasteiger partial charge in [0.1, 0.15) is 0 Å². The van der Waals surface area contributed by atoms with Gasteiger partial charge in [0.05, 0.1) is 16.5 Å². The van der Waals surface area contributed by atoms with Gasteiger partial charge < -0.3 is 4.90 Å². The van der Waals surface area contributed by atoms with Crippen LogP contribution >= 0.6 is 11.6 Å². The Bertz CT molecular complexity index is 704. The van der Waals surface area contributed by atoms with E-state index >= 15 is 0 Å². The maximum atomic E-state index is 14.0. The molecule has 112 valence electrons. The Hall–Kier alpha value is -2.12. The van der Waals surface area contributed by atoms with E-state index in [0.29, 0.717) is 31.7 Å². The minimum absolute atomic E-state index is 0.286. The van der Waals surface area contributed by atoms with Crippen LogP contribution in [0, 0.1) is 17.1 Å². The van der Waals surface area contributed by atoms with Crippen LogP contribution in [-0.2, 0) is 5.41 Å². The molecule has 1 aromatic carbocycles. The molecule has 2 aromatic rings. The quantitative estimate of drug-likeness (QED) is 0.843. The molecule has 1 aliphatic rings. The molecule has 0 aliphatic carbocycles. The van der Waals surface area contributed by atoms with Crippen LogP contribution in [0.15, 0.2) is 42.6 Å². The lowest BCUT2D eigenvalue weighted by Gasteiger charge is -2.38. The number of nitrogens with zero attached hydrogens (tertiary/aromatic N) is 3. The molecule has 0 N–H and O–H groups in total. The van der Waals surface area contributed by atoms with E-state index in [1.54, 1.807) is 0 Å². The van der Waals surface area contributed by atoms with Crippen molar-refractivity contribution in [3.63, 3.8) is 0 Å². The second kappa shape index (κ2) is 5.94. The lowest BCUT2D eigenvalue weighted by atomic mass is 9.74. The van der Waals surface area contributed by atoms with Crippen LogP contribution in [0.2, 0.25) is 5.02 Å². The number of benzene rings is 1. The Kier molecular flexibility index (Phi) is 4.00. The van der Waals surface area contributed by atoms with Gasteiger partial charge in [-0.3, -0.25) is 0 Å². The van der Waals surface area contributed by atoms with Crippen molar-refractivity contribution in [3.05, 3.63) is 59.0 Å². The summed E-state index contributed by atoms with van der Waals surface area (Å²) in [7, 11) is 0. The first-order valence-electron chi connectivity index (χ1n) is 7.17. The first-order chi connectivity index (χ1) is 10.6. The van der Waals surface area contributed by atoms with Gasteiger partial charge in [-0.2, -0.15) is 5.26 Å². The molecule has 1 aromatic heterocycles. The summed E-state index contributed by atoms with van der Waals surface area (Å²) in [6, 6.07) is 13.5. The van der Waals surface area contributed by atoms with Crippen molar-refractivity contribution in [1.29, 1.82) is 5.26 Å². The zero-order valence-corrected chi connectivity index (χ0v) is 12.7. The van der Waals surface area contributed by atoms with Gasteiger partial charge in [0.15, 0.2) is 11.6 Å². The Balaban J connectivity index is 1.81. The monoisotopic (exact) mass is 315 g/mol. The minimum atomic E-state index is -0.499. The fraction of sp³-hybridized carbons (Fsp3) is 0.294. The summed E-state index contributed by atoms with van der Waals surface area (Å²) in [5.41, 5.74) is 0.530. The molecule has 0 radical (unpaired) electrons. The highest BCUT2D eigenvalue weighted by molar-refractivity contribution is 6.30. The SMILES string of the molecule is N#CC1(c2ccccc2)CCN(c2ncc(Cl)cc2F)CC1. The first kappa shape index (κ1) is 14.8. The van der Waals surface area contributed by atoms with Gasteiger partial charge in [-0.15, -0.1) is 0 Å². The molecule has 5 heteroatoms. The Morgan fingerprint density at radius 3 is 2.50 bits per heavy atom. The van der Waals surface area contributed by atoms with E-state index < -0.39 is 11.2 Å². The smallest absolute Gasteiger partial charge is 0.167 e. The summed E-state index contributed by atoms with van der Waals surface area (Å²) >= 11 is 5.74. The van der Waals surface area contributed by atoms with Crippen LogP contribution in [0.25, 0.3) is 0 Å². The molecule has 0 spiro atoms. The topological polar surface area (TPSA) is 39.9 Å². The zero-order valence-electron chi connectivity index (χ0n) is 12.0. The van der Waals surface area contributed by atoms with Crippen molar-refractivity contribution < 1.29 is 4.39 Å². The van der Waals surface area contributed by atoms with Gasteiger partial charge in [0.2, 0.25) is 0 Å². The van der Waals surface area contributed by atoms with Gasteiger partial charge in [-0.1, -0.05) is 41.9 Å². The fourth-order valence-corrected chi connectivity index (χ4v) is 3.11. The van der Waals surface area contributed by atoms with E-state index in [4.69, 9.17) is 11.6 Å². The molecule has 1 aliphatic heterocycles. The third kappa shape index (κ3) is 2.65. The number of pyridine rings is 1. The van der Waals surface area contributed by atoms with Crippen LogP contribution in [0.1, 0.15) is 18.4 Å². The second-order valence-electron chi connectivity index (χ2n) is 5.51. The van der Waals surface area contributed by atoms with Crippen LogP contribution in [0.3, 0.4) is 0 Å². The number of piperidine rings is 1. The number of rotatable bonds is 2. The number of anilines is 1. The van der Waals surface area contributed by atoms with E-state index in [2.05, 4.69) is 11.1 Å². The average molecular weight is 316 g/mol. The van der Waals surface area contributed by atoms with Crippen molar-refractivity contribution in [1.82, 2.24) is 4.98 Å². The molecule has 1 fully saturated rings. The summed E-state index contributed by atoms with van der Waals surface area (Å²) in [5, 5.41) is 9.95. The van der Waals surface area contributed by atoms with E-state index in [9.17, 15) is 9.65 Å². The Morgan fingerprint density at radius 1 is 1.23 bits per heavy atom. The average Bonchev–Trinajstić information content (AvgIpc) is 2.56. The Labute approximate surface area is 134 Å². The van der Waals surface area contributed by atoms with Crippen molar-refractivity contribution in [2.75, 3.05) is 18.0 Å². The predicted molar refractivity (Wildman–Crippen MR) is 84.4 cm³/mol. The highest BCUT2D eigenvalue weighted by Crippen LogP contribution is 2.36. The third-order valence-electron chi connectivity index (χ3n) is 4.25. The maximum Gasteiger partial charge on any atom is 0.167 e. The van der Waals surface area contributed by atoms with Gasteiger partial charge in [-0.05, 0) is 24.5 Å². The van der Waals surface area contributed by atoms with Crippen LogP contribution in [-0.4, -0.2) is 18.1 Å². The number of halogens is 2. The van der Waals surface area contributed by atoms with Crippen LogP contribution < -0.4 is 4.90 Å².